The standard InChI is InChI=1S/C13H17Cl2NS/c1-9-3-2-4-11(7-9)17-8-10-5-6-12(14)16-13(10)15/h5-6,9,11H,2-4,7-8H2,1H3. The van der Waals surface area contributed by atoms with Crippen LogP contribution in [-0.2, 0) is 5.75 Å². The van der Waals surface area contributed by atoms with Crippen LogP contribution in [0.3, 0.4) is 0 Å². The predicted octanol–water partition coefficient (Wildman–Crippen LogP) is 5.20. The van der Waals surface area contributed by atoms with Crippen LogP contribution in [0.25, 0.3) is 0 Å². The topological polar surface area (TPSA) is 12.9 Å². The van der Waals surface area contributed by atoms with Crippen molar-refractivity contribution in [1.82, 2.24) is 4.98 Å². The largest absolute Gasteiger partial charge is 0.224 e. The Labute approximate surface area is 117 Å². The fourth-order valence-electron chi connectivity index (χ4n) is 2.29. The van der Waals surface area contributed by atoms with E-state index in [2.05, 4.69) is 11.9 Å². The summed E-state index contributed by atoms with van der Waals surface area (Å²) in [6.45, 7) is 2.35. The van der Waals surface area contributed by atoms with Crippen molar-refractivity contribution in [3.8, 4) is 0 Å². The molecule has 4 heteroatoms. The minimum absolute atomic E-state index is 0.468. The molecule has 0 spiro atoms. The second-order valence-corrected chi connectivity index (χ2v) is 6.82. The quantitative estimate of drug-likeness (QED) is 0.710. The molecule has 1 nitrogen and oxygen atoms in total. The molecule has 0 N–H and O–H groups in total. The van der Waals surface area contributed by atoms with Gasteiger partial charge in [-0.25, -0.2) is 4.98 Å². The first-order valence-corrected chi connectivity index (χ1v) is 7.88. The highest BCUT2D eigenvalue weighted by atomic mass is 35.5. The Morgan fingerprint density at radius 2 is 2.18 bits per heavy atom. The van der Waals surface area contributed by atoms with Gasteiger partial charge in [-0.3, -0.25) is 0 Å². The van der Waals surface area contributed by atoms with Crippen LogP contribution in [0.5, 0.6) is 0 Å². The molecule has 2 rings (SSSR count). The molecule has 0 amide bonds. The van der Waals surface area contributed by atoms with Gasteiger partial charge in [0.2, 0.25) is 0 Å². The van der Waals surface area contributed by atoms with Crippen LogP contribution in [-0.4, -0.2) is 10.2 Å². The smallest absolute Gasteiger partial charge is 0.134 e. The van der Waals surface area contributed by atoms with Gasteiger partial charge in [0, 0.05) is 11.0 Å². The third-order valence-corrected chi connectivity index (χ3v) is 5.17. The van der Waals surface area contributed by atoms with Crippen LogP contribution >= 0.6 is 35.0 Å². The zero-order chi connectivity index (χ0) is 12.3. The van der Waals surface area contributed by atoms with Gasteiger partial charge in [0.15, 0.2) is 0 Å². The van der Waals surface area contributed by atoms with Crippen LogP contribution < -0.4 is 0 Å². The maximum Gasteiger partial charge on any atom is 0.134 e. The van der Waals surface area contributed by atoms with Crippen molar-refractivity contribution >= 4 is 35.0 Å². The van der Waals surface area contributed by atoms with Crippen molar-refractivity contribution < 1.29 is 0 Å². The van der Waals surface area contributed by atoms with E-state index in [1.54, 1.807) is 0 Å². The van der Waals surface area contributed by atoms with Gasteiger partial charge in [-0.05, 0) is 30.4 Å². The van der Waals surface area contributed by atoms with Crippen molar-refractivity contribution in [3.63, 3.8) is 0 Å². The molecular formula is C13H17Cl2NS. The third-order valence-electron chi connectivity index (χ3n) is 3.25. The zero-order valence-electron chi connectivity index (χ0n) is 9.96. The lowest BCUT2D eigenvalue weighted by Crippen LogP contribution is -2.15. The first kappa shape index (κ1) is 13.5. The summed E-state index contributed by atoms with van der Waals surface area (Å²) in [5, 5.41) is 1.80. The van der Waals surface area contributed by atoms with E-state index < -0.39 is 0 Å². The van der Waals surface area contributed by atoms with E-state index in [1.165, 1.54) is 25.7 Å². The minimum atomic E-state index is 0.468. The number of hydrogen-bond acceptors (Lipinski definition) is 2. The molecule has 17 heavy (non-hydrogen) atoms. The van der Waals surface area contributed by atoms with E-state index in [9.17, 15) is 0 Å². The van der Waals surface area contributed by atoms with Gasteiger partial charge in [0.05, 0.1) is 0 Å². The molecule has 0 saturated heterocycles. The second-order valence-electron chi connectivity index (χ2n) is 4.79. The highest BCUT2D eigenvalue weighted by molar-refractivity contribution is 7.99. The number of thioether (sulfide) groups is 1. The molecular weight excluding hydrogens is 273 g/mol. The number of rotatable bonds is 3. The van der Waals surface area contributed by atoms with Gasteiger partial charge in [0.25, 0.3) is 0 Å². The Morgan fingerprint density at radius 3 is 2.88 bits per heavy atom. The highest BCUT2D eigenvalue weighted by Gasteiger charge is 2.19. The molecule has 1 saturated carbocycles. The Morgan fingerprint density at radius 1 is 1.35 bits per heavy atom. The Hall–Kier alpha value is 0.0800. The predicted molar refractivity (Wildman–Crippen MR) is 77.0 cm³/mol. The second kappa shape index (κ2) is 6.31. The van der Waals surface area contributed by atoms with E-state index >= 15 is 0 Å². The summed E-state index contributed by atoms with van der Waals surface area (Å²) in [4.78, 5) is 4.07. The lowest BCUT2D eigenvalue weighted by Gasteiger charge is -2.26. The number of hydrogen-bond donors (Lipinski definition) is 0. The molecule has 1 heterocycles. The number of halogens is 2. The van der Waals surface area contributed by atoms with Crippen LogP contribution in [0.2, 0.25) is 10.3 Å². The molecule has 0 bridgehead atoms. The van der Waals surface area contributed by atoms with E-state index in [-0.39, 0.29) is 0 Å². The first-order chi connectivity index (χ1) is 8.15. The van der Waals surface area contributed by atoms with Gasteiger partial charge in [0.1, 0.15) is 10.3 Å². The molecule has 2 atom stereocenters. The minimum Gasteiger partial charge on any atom is -0.224 e. The van der Waals surface area contributed by atoms with Crippen molar-refractivity contribution in [3.05, 3.63) is 28.0 Å². The van der Waals surface area contributed by atoms with Crippen LogP contribution in [0.15, 0.2) is 12.1 Å². The van der Waals surface area contributed by atoms with E-state index in [0.29, 0.717) is 10.3 Å². The third kappa shape index (κ3) is 4.04. The summed E-state index contributed by atoms with van der Waals surface area (Å²) in [7, 11) is 0. The molecule has 1 aliphatic rings. The number of nitrogens with zero attached hydrogens (tertiary/aromatic N) is 1. The molecule has 1 aliphatic carbocycles. The molecule has 0 aromatic carbocycles. The molecule has 2 unspecified atom stereocenters. The molecule has 0 aliphatic heterocycles. The Kier molecular flexibility index (Phi) is 5.01. The van der Waals surface area contributed by atoms with Crippen molar-refractivity contribution in [1.29, 1.82) is 0 Å². The van der Waals surface area contributed by atoms with Gasteiger partial charge >= 0.3 is 0 Å². The van der Waals surface area contributed by atoms with Gasteiger partial charge in [-0.15, -0.1) is 0 Å². The van der Waals surface area contributed by atoms with Crippen LogP contribution in [0.1, 0.15) is 38.2 Å². The van der Waals surface area contributed by atoms with E-state index in [4.69, 9.17) is 23.2 Å². The van der Waals surface area contributed by atoms with E-state index in [1.807, 2.05) is 23.9 Å². The fraction of sp³-hybridized carbons (Fsp3) is 0.615. The summed E-state index contributed by atoms with van der Waals surface area (Å²) in [5.41, 5.74) is 1.10. The first-order valence-electron chi connectivity index (χ1n) is 6.07. The van der Waals surface area contributed by atoms with Gasteiger partial charge in [-0.2, -0.15) is 11.8 Å². The lowest BCUT2D eigenvalue weighted by atomic mass is 9.91. The van der Waals surface area contributed by atoms with Crippen molar-refractivity contribution in [2.75, 3.05) is 0 Å². The molecule has 94 valence electrons. The zero-order valence-corrected chi connectivity index (χ0v) is 12.3. The number of aromatic nitrogens is 1. The Balaban J connectivity index is 1.88. The average Bonchev–Trinajstić information content (AvgIpc) is 2.28. The SMILES string of the molecule is CC1CCCC(SCc2ccc(Cl)nc2Cl)C1. The maximum atomic E-state index is 6.07. The van der Waals surface area contributed by atoms with Crippen molar-refractivity contribution in [2.24, 2.45) is 5.92 Å². The molecule has 1 aromatic heterocycles. The van der Waals surface area contributed by atoms with Gasteiger partial charge in [-0.1, -0.05) is 49.0 Å². The van der Waals surface area contributed by atoms with Crippen molar-refractivity contribution in [2.45, 2.75) is 43.6 Å². The average molecular weight is 290 g/mol. The summed E-state index contributed by atoms with van der Waals surface area (Å²) in [6.07, 6.45) is 5.43. The highest BCUT2D eigenvalue weighted by Crippen LogP contribution is 2.34. The Bertz CT molecular complexity index is 384. The summed E-state index contributed by atoms with van der Waals surface area (Å²) < 4.78 is 0. The van der Waals surface area contributed by atoms with Crippen LogP contribution in [0, 0.1) is 5.92 Å². The summed E-state index contributed by atoms with van der Waals surface area (Å²) >= 11 is 13.9. The van der Waals surface area contributed by atoms with Gasteiger partial charge < -0.3 is 0 Å². The summed E-state index contributed by atoms with van der Waals surface area (Å²) in [6, 6.07) is 3.80. The van der Waals surface area contributed by atoms with Crippen LogP contribution in [0.4, 0.5) is 0 Å². The summed E-state index contributed by atoms with van der Waals surface area (Å²) in [5.74, 6) is 1.82. The monoisotopic (exact) mass is 289 g/mol. The lowest BCUT2D eigenvalue weighted by molar-refractivity contribution is 0.394. The molecule has 1 aromatic rings. The molecule has 0 radical (unpaired) electrons. The van der Waals surface area contributed by atoms with E-state index in [0.717, 1.165) is 22.5 Å². The molecule has 1 fully saturated rings. The fourth-order valence-corrected chi connectivity index (χ4v) is 4.22. The normalized spacial score (nSPS) is 24.9. The number of pyridine rings is 1. The maximum absolute atomic E-state index is 6.07.